The lowest BCUT2D eigenvalue weighted by atomic mass is 10.0. The first-order chi connectivity index (χ1) is 28.2. The van der Waals surface area contributed by atoms with Crippen molar-refractivity contribution < 1.29 is 15.0 Å². The third-order valence-corrected chi connectivity index (χ3v) is 11.8. The number of amides is 1. The second kappa shape index (κ2) is 49.0. The summed E-state index contributed by atoms with van der Waals surface area (Å²) < 4.78 is 0. The van der Waals surface area contributed by atoms with E-state index < -0.39 is 12.1 Å². The van der Waals surface area contributed by atoms with Gasteiger partial charge in [-0.2, -0.15) is 0 Å². The summed E-state index contributed by atoms with van der Waals surface area (Å²) in [4.78, 5) is 12.4. The maximum Gasteiger partial charge on any atom is 0.220 e. The Kier molecular flexibility index (Phi) is 47.8. The van der Waals surface area contributed by atoms with Crippen LogP contribution in [0.5, 0.6) is 0 Å². The van der Waals surface area contributed by atoms with Crippen LogP contribution in [0.1, 0.15) is 277 Å². The number of aliphatic hydroxyl groups is 2. The van der Waals surface area contributed by atoms with E-state index in [1.807, 2.05) is 6.08 Å². The summed E-state index contributed by atoms with van der Waals surface area (Å²) in [6.45, 7) is 4.29. The minimum Gasteiger partial charge on any atom is -0.394 e. The van der Waals surface area contributed by atoms with Crippen molar-refractivity contribution in [2.75, 3.05) is 6.61 Å². The Bertz CT molecular complexity index is 866. The van der Waals surface area contributed by atoms with Crippen molar-refractivity contribution in [3.63, 3.8) is 0 Å². The van der Waals surface area contributed by atoms with Crippen LogP contribution in [0.25, 0.3) is 0 Å². The molecule has 0 radical (unpaired) electrons. The summed E-state index contributed by atoms with van der Waals surface area (Å²) in [5, 5.41) is 23.0. The molecule has 0 saturated heterocycles. The highest BCUT2D eigenvalue weighted by molar-refractivity contribution is 5.76. The zero-order chi connectivity index (χ0) is 41.4. The van der Waals surface area contributed by atoms with Crippen LogP contribution in [0.3, 0.4) is 0 Å². The molecule has 2 atom stereocenters. The number of allylic oxidation sites excluding steroid dienone is 5. The van der Waals surface area contributed by atoms with Crippen LogP contribution in [0.15, 0.2) is 36.5 Å². The highest BCUT2D eigenvalue weighted by Gasteiger charge is 2.17. The molecule has 0 aliphatic heterocycles. The third kappa shape index (κ3) is 45.5. The van der Waals surface area contributed by atoms with E-state index in [1.54, 1.807) is 6.08 Å². The van der Waals surface area contributed by atoms with Crippen molar-refractivity contribution in [2.24, 2.45) is 0 Å². The number of carbonyl (C=O) groups is 1. The second-order valence-electron chi connectivity index (χ2n) is 17.6. The highest BCUT2D eigenvalue weighted by atomic mass is 16.3. The smallest absolute Gasteiger partial charge is 0.220 e. The van der Waals surface area contributed by atoms with E-state index >= 15 is 0 Å². The number of carbonyl (C=O) groups excluding carboxylic acids is 1. The third-order valence-electron chi connectivity index (χ3n) is 11.8. The number of hydrogen-bond donors (Lipinski definition) is 3. The van der Waals surface area contributed by atoms with Gasteiger partial charge in [-0.3, -0.25) is 4.79 Å². The monoisotopic (exact) mass is 800 g/mol. The summed E-state index contributed by atoms with van der Waals surface area (Å²) in [6.07, 6.45) is 65.9. The Labute approximate surface area is 357 Å². The zero-order valence-corrected chi connectivity index (χ0v) is 38.6. The van der Waals surface area contributed by atoms with Gasteiger partial charge < -0.3 is 15.5 Å². The molecule has 4 heteroatoms. The molecule has 3 N–H and O–H groups in total. The predicted octanol–water partition coefficient (Wildman–Crippen LogP) is 16.5. The van der Waals surface area contributed by atoms with Gasteiger partial charge in [0.2, 0.25) is 5.91 Å². The topological polar surface area (TPSA) is 69.6 Å². The molecule has 0 aromatic rings. The van der Waals surface area contributed by atoms with Crippen molar-refractivity contribution in [3.05, 3.63) is 36.5 Å². The molecule has 4 nitrogen and oxygen atoms in total. The van der Waals surface area contributed by atoms with Gasteiger partial charge in [0.25, 0.3) is 0 Å². The summed E-state index contributed by atoms with van der Waals surface area (Å²) in [5.74, 6) is -0.0820. The number of aliphatic hydroxyl groups excluding tert-OH is 2. The largest absolute Gasteiger partial charge is 0.394 e. The van der Waals surface area contributed by atoms with Crippen LogP contribution in [0.2, 0.25) is 0 Å². The standard InChI is InChI=1S/C53H101NO3/c1-3-5-7-9-11-13-15-17-18-19-20-21-22-23-24-25-26-27-28-29-30-31-32-33-34-35-37-38-40-42-44-46-48-52(56)51(50-55)54-53(57)49-47-45-43-41-39-36-16-14-12-10-8-6-4-2/h14,16,38,40,46,48,51-52,55-56H,3-13,15,17-37,39,41-45,47,49-50H2,1-2H3,(H,54,57)/b16-14-,40-38+,48-46+. The molecule has 0 bridgehead atoms. The molecular weight excluding hydrogens is 699 g/mol. The van der Waals surface area contributed by atoms with Crippen molar-refractivity contribution in [1.29, 1.82) is 0 Å². The van der Waals surface area contributed by atoms with Crippen LogP contribution in [-0.2, 0) is 4.79 Å². The van der Waals surface area contributed by atoms with E-state index in [9.17, 15) is 15.0 Å². The molecule has 57 heavy (non-hydrogen) atoms. The molecule has 0 rings (SSSR count). The van der Waals surface area contributed by atoms with Crippen LogP contribution in [0.4, 0.5) is 0 Å². The summed E-state index contributed by atoms with van der Waals surface area (Å²) >= 11 is 0. The minimum absolute atomic E-state index is 0.0820. The molecule has 336 valence electrons. The summed E-state index contributed by atoms with van der Waals surface area (Å²) in [5.41, 5.74) is 0. The number of unbranched alkanes of at least 4 members (excludes halogenated alkanes) is 36. The van der Waals surface area contributed by atoms with E-state index in [0.29, 0.717) is 6.42 Å². The Balaban J connectivity index is 3.48. The lowest BCUT2D eigenvalue weighted by Crippen LogP contribution is -2.45. The first kappa shape index (κ1) is 55.6. The average Bonchev–Trinajstić information content (AvgIpc) is 3.22. The van der Waals surface area contributed by atoms with Crippen molar-refractivity contribution in [2.45, 2.75) is 289 Å². The maximum absolute atomic E-state index is 12.4. The van der Waals surface area contributed by atoms with Gasteiger partial charge in [-0.15, -0.1) is 0 Å². The van der Waals surface area contributed by atoms with Crippen molar-refractivity contribution >= 4 is 5.91 Å². The Morgan fingerprint density at radius 3 is 1.04 bits per heavy atom. The lowest BCUT2D eigenvalue weighted by molar-refractivity contribution is -0.123. The van der Waals surface area contributed by atoms with Crippen LogP contribution in [-0.4, -0.2) is 34.9 Å². The van der Waals surface area contributed by atoms with Gasteiger partial charge in [0.15, 0.2) is 0 Å². The van der Waals surface area contributed by atoms with E-state index in [4.69, 9.17) is 0 Å². The fourth-order valence-electron chi connectivity index (χ4n) is 7.90. The number of nitrogens with one attached hydrogen (secondary N) is 1. The lowest BCUT2D eigenvalue weighted by Gasteiger charge is -2.19. The fourth-order valence-corrected chi connectivity index (χ4v) is 7.90. The Hall–Kier alpha value is -1.39. The van der Waals surface area contributed by atoms with Crippen molar-refractivity contribution in [1.82, 2.24) is 5.32 Å². The van der Waals surface area contributed by atoms with Gasteiger partial charge in [-0.1, -0.05) is 249 Å². The molecule has 0 heterocycles. The molecule has 0 saturated carbocycles. The van der Waals surface area contributed by atoms with Gasteiger partial charge in [0.1, 0.15) is 0 Å². The minimum atomic E-state index is -0.865. The number of rotatable bonds is 47. The van der Waals surface area contributed by atoms with Crippen LogP contribution in [0, 0.1) is 0 Å². The zero-order valence-electron chi connectivity index (χ0n) is 38.6. The quantitative estimate of drug-likeness (QED) is 0.0424. The average molecular weight is 800 g/mol. The highest BCUT2D eigenvalue weighted by Crippen LogP contribution is 2.17. The maximum atomic E-state index is 12.4. The SMILES string of the molecule is CCCCCC/C=C\CCCCCCCC(=O)NC(CO)C(O)/C=C/CC/C=C/CCCCCCCCCCCCCCCCCCCCCCCCCCCC. The molecule has 0 aliphatic carbocycles. The normalized spacial score (nSPS) is 13.1. The molecule has 0 spiro atoms. The molecule has 0 aliphatic rings. The fraction of sp³-hybridized carbons (Fsp3) is 0.868. The second-order valence-corrected chi connectivity index (χ2v) is 17.6. The van der Waals surface area contributed by atoms with E-state index in [0.717, 1.165) is 44.9 Å². The predicted molar refractivity (Wildman–Crippen MR) is 253 cm³/mol. The van der Waals surface area contributed by atoms with Crippen molar-refractivity contribution in [3.8, 4) is 0 Å². The number of hydrogen-bond acceptors (Lipinski definition) is 3. The van der Waals surface area contributed by atoms with Gasteiger partial charge in [0.05, 0.1) is 18.8 Å². The van der Waals surface area contributed by atoms with Crippen LogP contribution >= 0.6 is 0 Å². The summed E-state index contributed by atoms with van der Waals surface area (Å²) in [7, 11) is 0. The molecule has 2 unspecified atom stereocenters. The van der Waals surface area contributed by atoms with Gasteiger partial charge >= 0.3 is 0 Å². The Morgan fingerprint density at radius 1 is 0.404 bits per heavy atom. The van der Waals surface area contributed by atoms with Gasteiger partial charge in [0, 0.05) is 6.42 Å². The molecule has 0 aromatic heterocycles. The molecule has 0 fully saturated rings. The molecule has 1 amide bonds. The summed E-state index contributed by atoms with van der Waals surface area (Å²) in [6, 6.07) is -0.642. The Morgan fingerprint density at radius 2 is 0.684 bits per heavy atom. The van der Waals surface area contributed by atoms with Gasteiger partial charge in [-0.25, -0.2) is 0 Å². The first-order valence-electron chi connectivity index (χ1n) is 25.7. The van der Waals surface area contributed by atoms with Crippen LogP contribution < -0.4 is 5.32 Å². The molecular formula is C53H101NO3. The first-order valence-corrected chi connectivity index (χ1v) is 25.7. The van der Waals surface area contributed by atoms with E-state index in [-0.39, 0.29) is 12.5 Å². The van der Waals surface area contributed by atoms with Gasteiger partial charge in [-0.05, 0) is 57.8 Å². The molecule has 0 aromatic carbocycles. The van der Waals surface area contributed by atoms with E-state index in [1.165, 1.54) is 212 Å². The van der Waals surface area contributed by atoms with E-state index in [2.05, 4.69) is 43.5 Å².